The van der Waals surface area contributed by atoms with Gasteiger partial charge in [0.2, 0.25) is 0 Å². The van der Waals surface area contributed by atoms with Crippen molar-refractivity contribution in [2.24, 2.45) is 9.50 Å². The molecule has 2 aromatic rings. The smallest absolute Gasteiger partial charge is 0.305 e. The first-order chi connectivity index (χ1) is 12.8. The molecule has 0 saturated heterocycles. The Balaban J connectivity index is 1.65. The molecule has 4 rings (SSSR count). The van der Waals surface area contributed by atoms with Crippen molar-refractivity contribution in [3.63, 3.8) is 0 Å². The molecule has 0 aliphatic heterocycles. The predicted molar refractivity (Wildman–Crippen MR) is 103 cm³/mol. The number of hydrogen-bond acceptors (Lipinski definition) is 4. The number of hydrogen-bond donors (Lipinski definition) is 2. The van der Waals surface area contributed by atoms with Gasteiger partial charge in [0, 0.05) is 23.6 Å². The molecule has 0 spiro atoms. The number of nitrogens with zero attached hydrogens (tertiary/aromatic N) is 4. The second-order valence-corrected chi connectivity index (χ2v) is 9.10. The van der Waals surface area contributed by atoms with Crippen LogP contribution < -0.4 is 10.5 Å². The lowest BCUT2D eigenvalue weighted by molar-refractivity contribution is 0.260. The van der Waals surface area contributed by atoms with Crippen LogP contribution in [0.1, 0.15) is 55.2 Å². The minimum atomic E-state index is -3.41. The van der Waals surface area contributed by atoms with Crippen LogP contribution in [0.5, 0.6) is 0 Å². The number of nitrogens with two attached hydrogens (primary N) is 1. The summed E-state index contributed by atoms with van der Waals surface area (Å²) >= 11 is 0. The number of aromatic nitrogens is 3. The normalized spacial score (nSPS) is 17.5. The number of carbonyl (C=O) groups excluding carboxylic acids is 1. The molecule has 0 radical (unpaired) electrons. The van der Waals surface area contributed by atoms with E-state index in [0.29, 0.717) is 0 Å². The Morgan fingerprint density at radius 1 is 1.22 bits per heavy atom. The number of aryl methyl sites for hydroxylation is 2. The lowest BCUT2D eigenvalue weighted by Crippen LogP contribution is -2.20. The van der Waals surface area contributed by atoms with Gasteiger partial charge in [0.15, 0.2) is 14.9 Å². The van der Waals surface area contributed by atoms with Gasteiger partial charge < -0.3 is 5.32 Å². The maximum absolute atomic E-state index is 12.8. The zero-order valence-electron chi connectivity index (χ0n) is 15.6. The van der Waals surface area contributed by atoms with Gasteiger partial charge in [0.05, 0.1) is 5.69 Å². The first kappa shape index (κ1) is 18.1. The molecule has 2 amide bonds. The van der Waals surface area contributed by atoms with Crippen LogP contribution in [0.2, 0.25) is 0 Å². The summed E-state index contributed by atoms with van der Waals surface area (Å²) in [6.07, 6.45) is 7.40. The van der Waals surface area contributed by atoms with E-state index in [0.717, 1.165) is 66.7 Å². The highest BCUT2D eigenvalue weighted by Gasteiger charge is 2.26. The summed E-state index contributed by atoms with van der Waals surface area (Å²) in [4.78, 5) is 17.3. The van der Waals surface area contributed by atoms with Gasteiger partial charge in [-0.3, -0.25) is 9.67 Å². The fourth-order valence-corrected chi connectivity index (χ4v) is 4.65. The first-order valence-corrected chi connectivity index (χ1v) is 10.9. The molecule has 144 valence electrons. The summed E-state index contributed by atoms with van der Waals surface area (Å²) in [5, 5.41) is 13.0. The molecule has 0 unspecified atom stereocenters. The molecule has 3 N–H and O–H groups in total. The molecular weight excluding hydrogens is 364 g/mol. The largest absolute Gasteiger partial charge is 0.354 e. The molecule has 9 heteroatoms. The van der Waals surface area contributed by atoms with E-state index in [1.807, 2.05) is 13.8 Å². The summed E-state index contributed by atoms with van der Waals surface area (Å²) in [7, 11) is -3.41. The molecule has 27 heavy (non-hydrogen) atoms. The zero-order chi connectivity index (χ0) is 19.2. The van der Waals surface area contributed by atoms with Crippen LogP contribution in [0.25, 0.3) is 0 Å². The second kappa shape index (κ2) is 6.72. The monoisotopic (exact) mass is 388 g/mol. The fraction of sp³-hybridized carbons (Fsp3) is 0.500. The lowest BCUT2D eigenvalue weighted by atomic mass is 10.1. The second-order valence-electron chi connectivity index (χ2n) is 7.36. The predicted octanol–water partition coefficient (Wildman–Crippen LogP) is 2.77. The minimum absolute atomic E-state index is 0.102. The van der Waals surface area contributed by atoms with Crippen LogP contribution in [-0.4, -0.2) is 25.0 Å². The molecule has 1 atom stereocenters. The number of amides is 2. The Labute approximate surface area is 158 Å². The average Bonchev–Trinajstić information content (AvgIpc) is 3.34. The van der Waals surface area contributed by atoms with Crippen molar-refractivity contribution in [1.29, 1.82) is 0 Å². The van der Waals surface area contributed by atoms with E-state index in [9.17, 15) is 9.00 Å². The van der Waals surface area contributed by atoms with E-state index < -0.39 is 15.9 Å². The number of rotatable bonds is 3. The molecule has 2 aliphatic rings. The Kier molecular flexibility index (Phi) is 4.51. The van der Waals surface area contributed by atoms with Crippen molar-refractivity contribution in [3.05, 3.63) is 34.8 Å². The summed E-state index contributed by atoms with van der Waals surface area (Å²) in [6, 6.07) is 0.946. The highest BCUT2D eigenvalue weighted by Crippen LogP contribution is 2.36. The molecule has 2 aliphatic carbocycles. The summed E-state index contributed by atoms with van der Waals surface area (Å²) in [6.45, 7) is 3.90. The van der Waals surface area contributed by atoms with Gasteiger partial charge in [0.25, 0.3) is 0 Å². The number of pyridine rings is 1. The molecular formula is C18H24N6O2S. The van der Waals surface area contributed by atoms with Gasteiger partial charge >= 0.3 is 6.03 Å². The van der Waals surface area contributed by atoms with Crippen molar-refractivity contribution < 1.29 is 9.00 Å². The van der Waals surface area contributed by atoms with Crippen LogP contribution >= 0.6 is 0 Å². The third kappa shape index (κ3) is 3.37. The maximum Gasteiger partial charge on any atom is 0.354 e. The summed E-state index contributed by atoms with van der Waals surface area (Å²) in [5.74, 6) is 0. The van der Waals surface area contributed by atoms with E-state index in [-0.39, 0.29) is 11.1 Å². The summed E-state index contributed by atoms with van der Waals surface area (Å²) < 4.78 is 18.1. The maximum atomic E-state index is 12.8. The Morgan fingerprint density at radius 3 is 2.41 bits per heavy atom. The number of nitrogens with one attached hydrogen (secondary N) is 1. The third-order valence-corrected chi connectivity index (χ3v) is 6.37. The van der Waals surface area contributed by atoms with Crippen molar-refractivity contribution in [1.82, 2.24) is 14.8 Å². The minimum Gasteiger partial charge on any atom is -0.305 e. The van der Waals surface area contributed by atoms with Gasteiger partial charge in [-0.15, -0.1) is 4.36 Å². The number of anilines is 1. The molecule has 2 heterocycles. The molecule has 0 saturated carbocycles. The molecule has 0 bridgehead atoms. The zero-order valence-corrected chi connectivity index (χ0v) is 16.4. The number of carbonyl (C=O) groups is 1. The van der Waals surface area contributed by atoms with Gasteiger partial charge in [-0.25, -0.2) is 14.1 Å². The van der Waals surface area contributed by atoms with Gasteiger partial charge in [-0.2, -0.15) is 5.10 Å². The molecule has 2 aromatic heterocycles. The van der Waals surface area contributed by atoms with Crippen molar-refractivity contribution in [3.8, 4) is 0 Å². The SMILES string of the molecule is CC(C)n1ccc([S@@](N)(=O)=NC(=O)Nc2c3c(nc4c2CCC4)CCC3)n1. The Hall–Kier alpha value is -2.26. The van der Waals surface area contributed by atoms with Crippen molar-refractivity contribution >= 4 is 21.6 Å². The van der Waals surface area contributed by atoms with Crippen LogP contribution in [0, 0.1) is 0 Å². The highest BCUT2D eigenvalue weighted by atomic mass is 32.2. The first-order valence-electron chi connectivity index (χ1n) is 9.29. The topological polar surface area (TPSA) is 115 Å². The van der Waals surface area contributed by atoms with Crippen LogP contribution in [0.4, 0.5) is 10.5 Å². The molecule has 0 fully saturated rings. The lowest BCUT2D eigenvalue weighted by Gasteiger charge is -2.14. The quantitative estimate of drug-likeness (QED) is 0.841. The highest BCUT2D eigenvalue weighted by molar-refractivity contribution is 7.91. The number of fused-ring (bicyclic) bond motifs is 2. The third-order valence-electron chi connectivity index (χ3n) is 5.11. The Morgan fingerprint density at radius 2 is 1.85 bits per heavy atom. The number of urea groups is 1. The van der Waals surface area contributed by atoms with E-state index >= 15 is 0 Å². The van der Waals surface area contributed by atoms with Crippen LogP contribution in [0.15, 0.2) is 21.7 Å². The van der Waals surface area contributed by atoms with Gasteiger partial charge in [-0.1, -0.05) is 0 Å². The van der Waals surface area contributed by atoms with Crippen molar-refractivity contribution in [2.45, 2.75) is 63.4 Å². The van der Waals surface area contributed by atoms with E-state index in [4.69, 9.17) is 10.1 Å². The van der Waals surface area contributed by atoms with Crippen LogP contribution in [0.3, 0.4) is 0 Å². The molecule has 0 aromatic carbocycles. The van der Waals surface area contributed by atoms with E-state index in [1.165, 1.54) is 0 Å². The van der Waals surface area contributed by atoms with Crippen molar-refractivity contribution in [2.75, 3.05) is 5.32 Å². The summed E-state index contributed by atoms with van der Waals surface area (Å²) in [5.41, 5.74) is 5.12. The van der Waals surface area contributed by atoms with E-state index in [2.05, 4.69) is 14.8 Å². The van der Waals surface area contributed by atoms with Gasteiger partial charge in [-0.05, 0) is 69.6 Å². The van der Waals surface area contributed by atoms with Crippen LogP contribution in [-0.2, 0) is 35.6 Å². The standard InChI is InChI=1S/C18H24N6O2S/c1-11(2)24-10-9-16(22-24)27(19,26)23-18(25)21-17-12-5-3-7-14(12)20-15-8-4-6-13(15)17/h9-11H,3-8H2,1-2H3,(H3,19,20,21,23,25,26)/t27-/m0/s1. The average molecular weight is 388 g/mol. The van der Waals surface area contributed by atoms with Gasteiger partial charge in [0.1, 0.15) is 0 Å². The molecule has 8 nitrogen and oxygen atoms in total. The fourth-order valence-electron chi connectivity index (χ4n) is 3.80. The Bertz CT molecular complexity index is 1000. The van der Waals surface area contributed by atoms with E-state index in [1.54, 1.807) is 16.9 Å².